The highest BCUT2D eigenvalue weighted by atomic mass is 14.8. The van der Waals surface area contributed by atoms with Gasteiger partial charge >= 0.3 is 0 Å². The molecule has 0 aromatic rings. The van der Waals surface area contributed by atoms with Crippen molar-refractivity contribution in [2.24, 2.45) is 11.8 Å². The molecule has 0 aliphatic rings. The molecule has 0 saturated heterocycles. The second-order valence-electron chi connectivity index (χ2n) is 4.46. The molecule has 0 spiro atoms. The van der Waals surface area contributed by atoms with Gasteiger partial charge in [0, 0.05) is 6.42 Å². The number of rotatable bonds is 7. The van der Waals surface area contributed by atoms with Gasteiger partial charge in [0.05, 0.1) is 0 Å². The molecule has 14 heavy (non-hydrogen) atoms. The number of hydrogen-bond donors (Lipinski definition) is 1. The Hall–Kier alpha value is -0.480. The first-order valence-corrected chi connectivity index (χ1v) is 5.77. The fourth-order valence-corrected chi connectivity index (χ4v) is 1.33. The van der Waals surface area contributed by atoms with Crippen LogP contribution in [0, 0.1) is 23.7 Å². The minimum absolute atomic E-state index is 0.760. The molecular weight excluding hydrogens is 170 g/mol. The summed E-state index contributed by atoms with van der Waals surface area (Å²) in [5, 5.41) is 3.47. The van der Waals surface area contributed by atoms with Crippen LogP contribution in [0.25, 0.3) is 0 Å². The van der Waals surface area contributed by atoms with Crippen LogP contribution in [0.15, 0.2) is 0 Å². The van der Waals surface area contributed by atoms with E-state index in [0.717, 1.165) is 31.3 Å². The van der Waals surface area contributed by atoms with E-state index in [4.69, 9.17) is 0 Å². The average Bonchev–Trinajstić information content (AvgIpc) is 2.13. The van der Waals surface area contributed by atoms with E-state index >= 15 is 0 Å². The summed E-state index contributed by atoms with van der Waals surface area (Å²) in [4.78, 5) is 0. The minimum atomic E-state index is 0.760. The van der Waals surface area contributed by atoms with Crippen molar-refractivity contribution in [2.75, 3.05) is 13.1 Å². The number of hydrogen-bond acceptors (Lipinski definition) is 1. The number of nitrogens with one attached hydrogen (secondary N) is 1. The lowest BCUT2D eigenvalue weighted by atomic mass is 10.0. The normalized spacial score (nSPS) is 12.4. The molecule has 1 nitrogen and oxygen atoms in total. The van der Waals surface area contributed by atoms with E-state index in [2.05, 4.69) is 37.9 Å². The molecule has 1 N–H and O–H groups in total. The lowest BCUT2D eigenvalue weighted by Crippen LogP contribution is -2.22. The van der Waals surface area contributed by atoms with E-state index in [-0.39, 0.29) is 0 Å². The quantitative estimate of drug-likeness (QED) is 0.486. The van der Waals surface area contributed by atoms with Crippen molar-refractivity contribution < 1.29 is 0 Å². The van der Waals surface area contributed by atoms with Crippen LogP contribution in [0.5, 0.6) is 0 Å². The molecule has 0 rings (SSSR count). The molecule has 0 fully saturated rings. The maximum Gasteiger partial charge on any atom is 0.00911 e. The van der Waals surface area contributed by atoms with Gasteiger partial charge in [-0.1, -0.05) is 20.8 Å². The van der Waals surface area contributed by atoms with Crippen LogP contribution in [-0.2, 0) is 0 Å². The largest absolute Gasteiger partial charge is 0.316 e. The highest BCUT2D eigenvalue weighted by Gasteiger charge is 2.00. The summed E-state index contributed by atoms with van der Waals surface area (Å²) in [6.45, 7) is 11.0. The fraction of sp³-hybridized carbons (Fsp3) is 0.846. The van der Waals surface area contributed by atoms with Gasteiger partial charge in [0.1, 0.15) is 0 Å². The third-order valence-corrected chi connectivity index (χ3v) is 2.31. The first-order valence-electron chi connectivity index (χ1n) is 5.77. The molecule has 1 heteroatoms. The zero-order chi connectivity index (χ0) is 10.8. The summed E-state index contributed by atoms with van der Waals surface area (Å²) in [5.41, 5.74) is 0. The molecule has 0 aliphatic carbocycles. The van der Waals surface area contributed by atoms with Gasteiger partial charge in [-0.25, -0.2) is 0 Å². The summed E-state index contributed by atoms with van der Waals surface area (Å²) >= 11 is 0. The van der Waals surface area contributed by atoms with E-state index in [0.29, 0.717) is 0 Å². The molecule has 0 aromatic carbocycles. The van der Waals surface area contributed by atoms with Crippen LogP contribution in [0.2, 0.25) is 0 Å². The summed E-state index contributed by atoms with van der Waals surface area (Å²) < 4.78 is 0. The van der Waals surface area contributed by atoms with Gasteiger partial charge in [0.2, 0.25) is 0 Å². The zero-order valence-electron chi connectivity index (χ0n) is 10.2. The van der Waals surface area contributed by atoms with Crippen LogP contribution < -0.4 is 5.32 Å². The third-order valence-electron chi connectivity index (χ3n) is 2.31. The Bertz CT molecular complexity index is 173. The van der Waals surface area contributed by atoms with Crippen LogP contribution in [0.4, 0.5) is 0 Å². The average molecular weight is 195 g/mol. The molecule has 0 aliphatic heterocycles. The van der Waals surface area contributed by atoms with Crippen molar-refractivity contribution >= 4 is 0 Å². The van der Waals surface area contributed by atoms with Crippen molar-refractivity contribution in [1.82, 2.24) is 5.32 Å². The molecule has 0 saturated carbocycles. The fourth-order valence-electron chi connectivity index (χ4n) is 1.33. The maximum atomic E-state index is 3.47. The van der Waals surface area contributed by atoms with Crippen LogP contribution in [0.1, 0.15) is 47.0 Å². The Labute approximate surface area is 89.7 Å². The summed E-state index contributed by atoms with van der Waals surface area (Å²) in [7, 11) is 0. The SMILES string of the molecule is CC#CCCC(C)CCNCC(C)C. The monoisotopic (exact) mass is 195 g/mol. The van der Waals surface area contributed by atoms with Gasteiger partial charge in [-0.2, -0.15) is 0 Å². The second-order valence-corrected chi connectivity index (χ2v) is 4.46. The van der Waals surface area contributed by atoms with Crippen molar-refractivity contribution in [3.05, 3.63) is 0 Å². The summed E-state index contributed by atoms with van der Waals surface area (Å²) in [6.07, 6.45) is 3.57. The van der Waals surface area contributed by atoms with Gasteiger partial charge in [-0.3, -0.25) is 0 Å². The first-order chi connectivity index (χ1) is 6.66. The first kappa shape index (κ1) is 13.5. The van der Waals surface area contributed by atoms with Crippen molar-refractivity contribution in [3.8, 4) is 11.8 Å². The molecule has 0 heterocycles. The summed E-state index contributed by atoms with van der Waals surface area (Å²) in [6, 6.07) is 0. The Kier molecular flexibility index (Phi) is 8.78. The van der Waals surface area contributed by atoms with E-state index in [1.807, 2.05) is 6.92 Å². The smallest absolute Gasteiger partial charge is 0.00911 e. The maximum absolute atomic E-state index is 3.47. The lowest BCUT2D eigenvalue weighted by molar-refractivity contribution is 0.458. The predicted octanol–water partition coefficient (Wildman–Crippen LogP) is 3.06. The Morgan fingerprint density at radius 1 is 1.14 bits per heavy atom. The van der Waals surface area contributed by atoms with Gasteiger partial charge < -0.3 is 5.32 Å². The van der Waals surface area contributed by atoms with Crippen molar-refractivity contribution in [3.63, 3.8) is 0 Å². The van der Waals surface area contributed by atoms with E-state index in [9.17, 15) is 0 Å². The molecule has 0 aromatic heterocycles. The van der Waals surface area contributed by atoms with Gasteiger partial charge in [-0.05, 0) is 44.7 Å². The molecule has 1 atom stereocenters. The van der Waals surface area contributed by atoms with Gasteiger partial charge in [0.15, 0.2) is 0 Å². The van der Waals surface area contributed by atoms with E-state index < -0.39 is 0 Å². The predicted molar refractivity (Wildman–Crippen MR) is 64.2 cm³/mol. The van der Waals surface area contributed by atoms with Gasteiger partial charge in [-0.15, -0.1) is 11.8 Å². The Morgan fingerprint density at radius 3 is 2.43 bits per heavy atom. The van der Waals surface area contributed by atoms with Crippen LogP contribution in [-0.4, -0.2) is 13.1 Å². The molecule has 82 valence electrons. The zero-order valence-corrected chi connectivity index (χ0v) is 10.2. The Morgan fingerprint density at radius 2 is 1.86 bits per heavy atom. The van der Waals surface area contributed by atoms with Crippen LogP contribution >= 0.6 is 0 Å². The van der Waals surface area contributed by atoms with Crippen molar-refractivity contribution in [1.29, 1.82) is 0 Å². The van der Waals surface area contributed by atoms with Crippen LogP contribution in [0.3, 0.4) is 0 Å². The molecule has 0 bridgehead atoms. The minimum Gasteiger partial charge on any atom is -0.316 e. The van der Waals surface area contributed by atoms with E-state index in [1.165, 1.54) is 12.8 Å². The summed E-state index contributed by atoms with van der Waals surface area (Å²) in [5.74, 6) is 7.62. The van der Waals surface area contributed by atoms with Crippen molar-refractivity contribution in [2.45, 2.75) is 47.0 Å². The van der Waals surface area contributed by atoms with E-state index in [1.54, 1.807) is 0 Å². The molecule has 1 unspecified atom stereocenters. The standard InChI is InChI=1S/C13H25N/c1-5-6-7-8-13(4)9-10-14-11-12(2)3/h12-14H,7-11H2,1-4H3. The lowest BCUT2D eigenvalue weighted by Gasteiger charge is -2.11. The molecular formula is C13H25N. The second kappa shape index (κ2) is 9.09. The molecule has 0 radical (unpaired) electrons. The third kappa shape index (κ3) is 9.61. The molecule has 0 amide bonds. The Balaban J connectivity index is 3.25. The highest BCUT2D eigenvalue weighted by molar-refractivity contribution is 4.94. The highest BCUT2D eigenvalue weighted by Crippen LogP contribution is 2.08. The topological polar surface area (TPSA) is 12.0 Å². The van der Waals surface area contributed by atoms with Gasteiger partial charge in [0.25, 0.3) is 0 Å².